The van der Waals surface area contributed by atoms with Crippen molar-refractivity contribution in [1.29, 1.82) is 0 Å². The molecule has 4 rings (SSSR count). The molecular formula is C15H25N5. The van der Waals surface area contributed by atoms with Gasteiger partial charge in [0.1, 0.15) is 5.82 Å². The van der Waals surface area contributed by atoms with Gasteiger partial charge in [0.05, 0.1) is 6.20 Å². The van der Waals surface area contributed by atoms with Gasteiger partial charge < -0.3 is 10.6 Å². The summed E-state index contributed by atoms with van der Waals surface area (Å²) in [5, 5.41) is 11.7. The molecule has 0 bridgehead atoms. The van der Waals surface area contributed by atoms with Gasteiger partial charge in [-0.2, -0.15) is 5.10 Å². The minimum atomic E-state index is 0.653. The van der Waals surface area contributed by atoms with Crippen LogP contribution in [-0.2, 0) is 6.54 Å². The van der Waals surface area contributed by atoms with Crippen LogP contribution in [0, 0.1) is 5.92 Å². The lowest BCUT2D eigenvalue weighted by molar-refractivity contribution is 0.178. The van der Waals surface area contributed by atoms with Crippen molar-refractivity contribution in [2.45, 2.75) is 44.3 Å². The number of anilines is 1. The zero-order valence-corrected chi connectivity index (χ0v) is 12.1. The van der Waals surface area contributed by atoms with Crippen LogP contribution < -0.4 is 10.6 Å². The highest BCUT2D eigenvalue weighted by Gasteiger charge is 2.35. The van der Waals surface area contributed by atoms with Crippen molar-refractivity contribution < 1.29 is 0 Å². The number of hydrogen-bond donors (Lipinski definition) is 2. The van der Waals surface area contributed by atoms with Crippen molar-refractivity contribution in [2.24, 2.45) is 5.92 Å². The summed E-state index contributed by atoms with van der Waals surface area (Å²) in [7, 11) is 0. The second-order valence-corrected chi connectivity index (χ2v) is 6.55. The van der Waals surface area contributed by atoms with Gasteiger partial charge in [0.25, 0.3) is 0 Å². The van der Waals surface area contributed by atoms with Crippen LogP contribution >= 0.6 is 0 Å². The fourth-order valence-electron chi connectivity index (χ4n) is 4.13. The summed E-state index contributed by atoms with van der Waals surface area (Å²) in [5.41, 5.74) is 0. The van der Waals surface area contributed by atoms with Crippen LogP contribution in [0.2, 0.25) is 0 Å². The highest BCUT2D eigenvalue weighted by Crippen LogP contribution is 2.27. The van der Waals surface area contributed by atoms with Gasteiger partial charge in [-0.05, 0) is 25.8 Å². The van der Waals surface area contributed by atoms with Crippen LogP contribution in [0.4, 0.5) is 5.82 Å². The third-order valence-corrected chi connectivity index (χ3v) is 5.24. The largest absolute Gasteiger partial charge is 0.370 e. The Bertz CT molecular complexity index is 457. The molecule has 1 aromatic heterocycles. The molecule has 0 amide bonds. The van der Waals surface area contributed by atoms with Gasteiger partial charge in [0, 0.05) is 50.2 Å². The van der Waals surface area contributed by atoms with E-state index in [0.29, 0.717) is 12.0 Å². The molecule has 5 heteroatoms. The number of nitrogens with zero attached hydrogens (tertiary/aromatic N) is 3. The van der Waals surface area contributed by atoms with Gasteiger partial charge in [-0.25, -0.2) is 4.68 Å². The van der Waals surface area contributed by atoms with Crippen LogP contribution in [0.5, 0.6) is 0 Å². The number of fused-ring (bicyclic) bond motifs is 2. The molecule has 20 heavy (non-hydrogen) atoms. The smallest absolute Gasteiger partial charge is 0.124 e. The molecule has 110 valence electrons. The second-order valence-electron chi connectivity index (χ2n) is 6.55. The maximum absolute atomic E-state index is 4.37. The van der Waals surface area contributed by atoms with Crippen LogP contribution in [0.15, 0.2) is 12.3 Å². The zero-order valence-electron chi connectivity index (χ0n) is 12.1. The molecule has 3 aliphatic rings. The van der Waals surface area contributed by atoms with Crippen molar-refractivity contribution in [3.63, 3.8) is 0 Å². The summed E-state index contributed by atoms with van der Waals surface area (Å²) in [6, 6.07) is 3.58. The highest BCUT2D eigenvalue weighted by atomic mass is 15.3. The van der Waals surface area contributed by atoms with E-state index in [1.807, 2.05) is 6.20 Å². The maximum atomic E-state index is 4.37. The molecule has 2 saturated heterocycles. The first-order chi connectivity index (χ1) is 9.90. The Kier molecular flexibility index (Phi) is 3.40. The predicted octanol–water partition coefficient (Wildman–Crippen LogP) is 1.14. The molecule has 0 aromatic carbocycles. The van der Waals surface area contributed by atoms with E-state index in [4.69, 9.17) is 0 Å². The first-order valence-corrected chi connectivity index (χ1v) is 8.13. The molecule has 2 fully saturated rings. The Morgan fingerprint density at radius 2 is 2.30 bits per heavy atom. The van der Waals surface area contributed by atoms with E-state index in [1.165, 1.54) is 44.6 Å². The third kappa shape index (κ3) is 2.33. The lowest BCUT2D eigenvalue weighted by Gasteiger charge is -2.33. The molecule has 0 radical (unpaired) electrons. The van der Waals surface area contributed by atoms with Gasteiger partial charge in [-0.3, -0.25) is 4.90 Å². The van der Waals surface area contributed by atoms with Gasteiger partial charge in [0.2, 0.25) is 0 Å². The Labute approximate surface area is 120 Å². The van der Waals surface area contributed by atoms with Crippen LogP contribution in [0.3, 0.4) is 0 Å². The molecule has 0 unspecified atom stereocenters. The lowest BCUT2D eigenvalue weighted by atomic mass is 9.98. The van der Waals surface area contributed by atoms with E-state index in [9.17, 15) is 0 Å². The van der Waals surface area contributed by atoms with Gasteiger partial charge in [0.15, 0.2) is 0 Å². The topological polar surface area (TPSA) is 45.1 Å². The Balaban J connectivity index is 1.31. The average Bonchev–Trinajstić information content (AvgIpc) is 3.11. The summed E-state index contributed by atoms with van der Waals surface area (Å²) in [4.78, 5) is 2.70. The molecule has 5 nitrogen and oxygen atoms in total. The summed E-state index contributed by atoms with van der Waals surface area (Å²) >= 11 is 0. The van der Waals surface area contributed by atoms with Gasteiger partial charge >= 0.3 is 0 Å². The number of aromatic nitrogens is 2. The summed E-state index contributed by atoms with van der Waals surface area (Å²) in [6.07, 6.45) is 7.43. The fourth-order valence-corrected chi connectivity index (χ4v) is 4.13. The molecular weight excluding hydrogens is 250 g/mol. The minimum Gasteiger partial charge on any atom is -0.370 e. The highest BCUT2D eigenvalue weighted by molar-refractivity contribution is 5.35. The van der Waals surface area contributed by atoms with E-state index < -0.39 is 0 Å². The second kappa shape index (κ2) is 5.37. The predicted molar refractivity (Wildman–Crippen MR) is 79.8 cm³/mol. The summed E-state index contributed by atoms with van der Waals surface area (Å²) < 4.78 is 2.09. The van der Waals surface area contributed by atoms with E-state index in [2.05, 4.69) is 31.4 Å². The normalized spacial score (nSPS) is 33.5. The van der Waals surface area contributed by atoms with E-state index in [1.54, 1.807) is 0 Å². The standard InChI is InChI=1S/C15H25N5/c1-2-7-19-8-5-13(14(19)3-1)16-9-12-10-17-15-4-6-18-20(15)11-12/h4,6,12-14,16-17H,1-3,5,7-11H2/t12-,13-,14-/m1/s1. The Morgan fingerprint density at radius 1 is 1.30 bits per heavy atom. The van der Waals surface area contributed by atoms with E-state index >= 15 is 0 Å². The van der Waals surface area contributed by atoms with Crippen molar-refractivity contribution in [3.8, 4) is 0 Å². The molecule has 3 aliphatic heterocycles. The molecule has 2 N–H and O–H groups in total. The molecule has 0 saturated carbocycles. The Morgan fingerprint density at radius 3 is 3.30 bits per heavy atom. The van der Waals surface area contributed by atoms with Crippen LogP contribution in [-0.4, -0.2) is 52.9 Å². The van der Waals surface area contributed by atoms with Gasteiger partial charge in [-0.1, -0.05) is 6.42 Å². The summed E-state index contributed by atoms with van der Waals surface area (Å²) in [6.45, 7) is 5.85. The Hall–Kier alpha value is -1.07. The SMILES string of the molecule is c1cc2n(n1)C[C@H](CN[C@@H]1CCN3CCCC[C@H]13)CN2. The first-order valence-electron chi connectivity index (χ1n) is 8.13. The molecule has 3 atom stereocenters. The number of piperidine rings is 1. The van der Waals surface area contributed by atoms with Crippen molar-refractivity contribution in [1.82, 2.24) is 20.0 Å². The van der Waals surface area contributed by atoms with Crippen molar-refractivity contribution in [3.05, 3.63) is 12.3 Å². The number of hydrogen-bond acceptors (Lipinski definition) is 4. The monoisotopic (exact) mass is 275 g/mol. The fraction of sp³-hybridized carbons (Fsp3) is 0.800. The average molecular weight is 275 g/mol. The van der Waals surface area contributed by atoms with E-state index in [0.717, 1.165) is 25.7 Å². The van der Waals surface area contributed by atoms with Gasteiger partial charge in [-0.15, -0.1) is 0 Å². The molecule has 1 aromatic rings. The minimum absolute atomic E-state index is 0.653. The molecule has 0 aliphatic carbocycles. The lowest BCUT2D eigenvalue weighted by Crippen LogP contribution is -2.47. The third-order valence-electron chi connectivity index (χ3n) is 5.24. The zero-order chi connectivity index (χ0) is 13.4. The van der Waals surface area contributed by atoms with Crippen LogP contribution in [0.1, 0.15) is 25.7 Å². The quantitative estimate of drug-likeness (QED) is 0.868. The maximum Gasteiger partial charge on any atom is 0.124 e. The van der Waals surface area contributed by atoms with Crippen molar-refractivity contribution >= 4 is 5.82 Å². The van der Waals surface area contributed by atoms with Crippen molar-refractivity contribution in [2.75, 3.05) is 31.5 Å². The number of rotatable bonds is 3. The number of nitrogens with one attached hydrogen (secondary N) is 2. The molecule has 0 spiro atoms. The molecule has 4 heterocycles. The first kappa shape index (κ1) is 12.7. The summed E-state index contributed by atoms with van der Waals surface area (Å²) in [5.74, 6) is 1.82. The van der Waals surface area contributed by atoms with Crippen LogP contribution in [0.25, 0.3) is 0 Å². The van der Waals surface area contributed by atoms with E-state index in [-0.39, 0.29) is 0 Å².